The van der Waals surface area contributed by atoms with Crippen molar-refractivity contribution in [2.45, 2.75) is 46.1 Å². The van der Waals surface area contributed by atoms with Gasteiger partial charge in [0.15, 0.2) is 12.4 Å². The van der Waals surface area contributed by atoms with Crippen molar-refractivity contribution in [2.75, 3.05) is 18.5 Å². The molecule has 1 saturated heterocycles. The van der Waals surface area contributed by atoms with E-state index in [2.05, 4.69) is 26.1 Å². The van der Waals surface area contributed by atoms with E-state index in [1.165, 1.54) is 12.3 Å². The zero-order valence-corrected chi connectivity index (χ0v) is 18.1. The van der Waals surface area contributed by atoms with Crippen LogP contribution in [0.3, 0.4) is 0 Å². The van der Waals surface area contributed by atoms with E-state index in [0.29, 0.717) is 12.2 Å². The molecule has 31 heavy (non-hydrogen) atoms. The molecule has 0 spiro atoms. The molecule has 2 aromatic rings. The summed E-state index contributed by atoms with van der Waals surface area (Å²) < 4.78 is 10.4. The smallest absolute Gasteiger partial charge is 0.340 e. The lowest BCUT2D eigenvalue weighted by atomic mass is 9.65. The Kier molecular flexibility index (Phi) is 5.37. The van der Waals surface area contributed by atoms with Crippen molar-refractivity contribution < 1.29 is 23.5 Å². The van der Waals surface area contributed by atoms with Crippen LogP contribution in [-0.2, 0) is 9.53 Å². The van der Waals surface area contributed by atoms with E-state index in [1.807, 2.05) is 4.90 Å². The Bertz CT molecular complexity index is 997. The van der Waals surface area contributed by atoms with Crippen LogP contribution in [0.4, 0.5) is 5.69 Å². The van der Waals surface area contributed by atoms with Crippen molar-refractivity contribution in [3.63, 3.8) is 0 Å². The number of hydrogen-bond acceptors (Lipinski definition) is 5. The molecule has 2 bridgehead atoms. The number of hydrogen-bond donors (Lipinski definition) is 1. The number of nitrogens with zero attached hydrogens (tertiary/aromatic N) is 1. The molecule has 7 heteroatoms. The summed E-state index contributed by atoms with van der Waals surface area (Å²) >= 11 is 0. The fourth-order valence-electron chi connectivity index (χ4n) is 5.40. The average molecular weight is 424 g/mol. The van der Waals surface area contributed by atoms with Gasteiger partial charge in [0.05, 0.1) is 17.5 Å². The third-order valence-corrected chi connectivity index (χ3v) is 6.20. The molecule has 1 saturated carbocycles. The molecule has 0 radical (unpaired) electrons. The number of amides is 2. The first kappa shape index (κ1) is 21.2. The van der Waals surface area contributed by atoms with E-state index in [1.54, 1.807) is 30.3 Å². The van der Waals surface area contributed by atoms with Gasteiger partial charge in [-0.15, -0.1) is 0 Å². The van der Waals surface area contributed by atoms with E-state index in [9.17, 15) is 14.4 Å². The first-order chi connectivity index (χ1) is 14.7. The molecular weight excluding hydrogens is 396 g/mol. The molecule has 1 aliphatic heterocycles. The number of rotatable bonds is 5. The predicted molar refractivity (Wildman–Crippen MR) is 115 cm³/mol. The fourth-order valence-corrected chi connectivity index (χ4v) is 5.40. The number of furan rings is 1. The lowest BCUT2D eigenvalue weighted by Gasteiger charge is -2.39. The van der Waals surface area contributed by atoms with Crippen LogP contribution in [0.2, 0.25) is 0 Å². The van der Waals surface area contributed by atoms with Gasteiger partial charge in [0.1, 0.15) is 0 Å². The van der Waals surface area contributed by atoms with Crippen LogP contribution in [0.15, 0.2) is 47.1 Å². The van der Waals surface area contributed by atoms with Crippen LogP contribution in [0, 0.1) is 10.8 Å². The summed E-state index contributed by atoms with van der Waals surface area (Å²) in [4.78, 5) is 39.7. The summed E-state index contributed by atoms with van der Waals surface area (Å²) in [5, 5.41) is 2.65. The van der Waals surface area contributed by atoms with Crippen LogP contribution in [0.25, 0.3) is 0 Å². The monoisotopic (exact) mass is 424 g/mol. The van der Waals surface area contributed by atoms with Gasteiger partial charge in [0, 0.05) is 12.6 Å². The van der Waals surface area contributed by atoms with Crippen LogP contribution < -0.4 is 5.32 Å². The van der Waals surface area contributed by atoms with Crippen molar-refractivity contribution in [3.8, 4) is 0 Å². The van der Waals surface area contributed by atoms with Gasteiger partial charge >= 0.3 is 5.97 Å². The van der Waals surface area contributed by atoms with E-state index in [0.717, 1.165) is 19.3 Å². The standard InChI is InChI=1S/C24H28N2O5/c1-23(2)11-16-12-24(3,14-23)15-26(16)20(27)13-31-22(29)17-7-4-5-8-18(17)25-21(28)19-9-6-10-30-19/h4-10,16H,11-15H2,1-3H3,(H,25,28)/t16-,24-/m0/s1. The minimum atomic E-state index is -0.655. The predicted octanol–water partition coefficient (Wildman–Crippen LogP) is 4.12. The fraction of sp³-hybridized carbons (Fsp3) is 0.458. The Balaban J connectivity index is 1.39. The molecular formula is C24H28N2O5. The van der Waals surface area contributed by atoms with E-state index >= 15 is 0 Å². The van der Waals surface area contributed by atoms with Gasteiger partial charge in [0.2, 0.25) is 0 Å². The Morgan fingerprint density at radius 1 is 1.13 bits per heavy atom. The van der Waals surface area contributed by atoms with E-state index < -0.39 is 11.9 Å². The van der Waals surface area contributed by atoms with Crippen molar-refractivity contribution in [1.82, 2.24) is 4.90 Å². The van der Waals surface area contributed by atoms with Crippen LogP contribution in [0.1, 0.15) is 60.9 Å². The molecule has 2 amide bonds. The van der Waals surface area contributed by atoms with Gasteiger partial charge in [-0.2, -0.15) is 0 Å². The normalized spacial score (nSPS) is 24.0. The van der Waals surface area contributed by atoms with E-state index in [4.69, 9.17) is 9.15 Å². The second-order valence-electron chi connectivity index (χ2n) is 9.79. The number of nitrogens with one attached hydrogen (secondary N) is 1. The van der Waals surface area contributed by atoms with Gasteiger partial charge in [-0.05, 0) is 54.4 Å². The SMILES string of the molecule is CC1(C)C[C@H]2C[C@](C)(CN2C(=O)COC(=O)c2ccccc2NC(=O)c2ccco2)C1. The molecule has 1 N–H and O–H groups in total. The second kappa shape index (κ2) is 7.87. The highest BCUT2D eigenvalue weighted by Crippen LogP contribution is 2.52. The Labute approximate surface area is 181 Å². The maximum atomic E-state index is 12.9. The Morgan fingerprint density at radius 3 is 2.65 bits per heavy atom. The first-order valence-electron chi connectivity index (χ1n) is 10.6. The third-order valence-electron chi connectivity index (χ3n) is 6.20. The number of likely N-dealkylation sites (tertiary alicyclic amines) is 1. The Morgan fingerprint density at radius 2 is 1.90 bits per heavy atom. The lowest BCUT2D eigenvalue weighted by Crippen LogP contribution is -2.39. The highest BCUT2D eigenvalue weighted by atomic mass is 16.5. The van der Waals surface area contributed by atoms with Crippen LogP contribution in [0.5, 0.6) is 0 Å². The molecule has 164 valence electrons. The van der Waals surface area contributed by atoms with Crippen molar-refractivity contribution in [3.05, 3.63) is 54.0 Å². The number of carbonyl (C=O) groups excluding carboxylic acids is 3. The second-order valence-corrected chi connectivity index (χ2v) is 9.79. The topological polar surface area (TPSA) is 88.9 Å². The maximum absolute atomic E-state index is 12.9. The molecule has 1 aliphatic carbocycles. The zero-order valence-electron chi connectivity index (χ0n) is 18.1. The minimum absolute atomic E-state index is 0.120. The highest BCUT2D eigenvalue weighted by Gasteiger charge is 2.50. The zero-order chi connectivity index (χ0) is 22.2. The summed E-state index contributed by atoms with van der Waals surface area (Å²) in [6.45, 7) is 7.12. The molecule has 2 aliphatic rings. The molecule has 0 unspecified atom stereocenters. The average Bonchev–Trinajstić information content (AvgIpc) is 3.31. The minimum Gasteiger partial charge on any atom is -0.459 e. The van der Waals surface area contributed by atoms with Gasteiger partial charge in [-0.25, -0.2) is 4.79 Å². The number of fused-ring (bicyclic) bond motifs is 2. The molecule has 7 nitrogen and oxygen atoms in total. The first-order valence-corrected chi connectivity index (χ1v) is 10.6. The number of anilines is 1. The van der Waals surface area contributed by atoms with Crippen molar-refractivity contribution >= 4 is 23.5 Å². The lowest BCUT2D eigenvalue weighted by molar-refractivity contribution is -0.135. The maximum Gasteiger partial charge on any atom is 0.340 e. The quantitative estimate of drug-likeness (QED) is 0.730. The van der Waals surface area contributed by atoms with Gasteiger partial charge < -0.3 is 19.4 Å². The van der Waals surface area contributed by atoms with Gasteiger partial charge in [0.25, 0.3) is 11.8 Å². The van der Waals surface area contributed by atoms with Gasteiger partial charge in [-0.3, -0.25) is 9.59 Å². The van der Waals surface area contributed by atoms with Gasteiger partial charge in [-0.1, -0.05) is 32.9 Å². The number of para-hydroxylation sites is 1. The molecule has 2 heterocycles. The van der Waals surface area contributed by atoms with Crippen LogP contribution in [-0.4, -0.2) is 41.9 Å². The van der Waals surface area contributed by atoms with Crippen molar-refractivity contribution in [2.24, 2.45) is 10.8 Å². The van der Waals surface area contributed by atoms with E-state index in [-0.39, 0.29) is 40.7 Å². The molecule has 4 rings (SSSR count). The summed E-state index contributed by atoms with van der Waals surface area (Å²) in [6.07, 6.45) is 4.44. The number of benzene rings is 1. The molecule has 1 aromatic heterocycles. The number of ether oxygens (including phenoxy) is 1. The summed E-state index contributed by atoms with van der Waals surface area (Å²) in [5.74, 6) is -1.16. The Hall–Kier alpha value is -3.09. The summed E-state index contributed by atoms with van der Waals surface area (Å²) in [5.41, 5.74) is 0.805. The molecule has 2 atom stereocenters. The van der Waals surface area contributed by atoms with Crippen molar-refractivity contribution in [1.29, 1.82) is 0 Å². The number of carbonyl (C=O) groups is 3. The van der Waals surface area contributed by atoms with Crippen LogP contribution >= 0.6 is 0 Å². The highest BCUT2D eigenvalue weighted by molar-refractivity contribution is 6.06. The molecule has 2 fully saturated rings. The molecule has 1 aromatic carbocycles. The number of esters is 1. The summed E-state index contributed by atoms with van der Waals surface area (Å²) in [7, 11) is 0. The largest absolute Gasteiger partial charge is 0.459 e. The summed E-state index contributed by atoms with van der Waals surface area (Å²) in [6, 6.07) is 9.86. The third kappa shape index (κ3) is 4.50.